The summed E-state index contributed by atoms with van der Waals surface area (Å²) in [6.45, 7) is 0. The summed E-state index contributed by atoms with van der Waals surface area (Å²) in [4.78, 5) is 28.4. The first-order valence-electron chi connectivity index (χ1n) is 10.3. The van der Waals surface area contributed by atoms with E-state index in [2.05, 4.69) is 9.97 Å². The van der Waals surface area contributed by atoms with Crippen LogP contribution in [-0.4, -0.2) is 23.9 Å². The lowest BCUT2D eigenvalue weighted by molar-refractivity contribution is 0.822. The Kier molecular flexibility index (Phi) is 5.01. The van der Waals surface area contributed by atoms with E-state index >= 15 is 0 Å². The Morgan fingerprint density at radius 3 is 2.52 bits per heavy atom. The molecule has 0 unspecified atom stereocenters. The first-order valence-corrected chi connectivity index (χ1v) is 12.2. The fourth-order valence-electron chi connectivity index (χ4n) is 3.79. The van der Waals surface area contributed by atoms with Gasteiger partial charge in [0.25, 0.3) is 5.56 Å². The highest BCUT2D eigenvalue weighted by molar-refractivity contribution is 7.98. The number of para-hydroxylation sites is 1. The van der Waals surface area contributed by atoms with Gasteiger partial charge in [0.2, 0.25) is 5.78 Å². The van der Waals surface area contributed by atoms with Crippen molar-refractivity contribution < 1.29 is 0 Å². The number of rotatable bonds is 5. The van der Waals surface area contributed by atoms with Crippen LogP contribution in [0, 0.1) is 0 Å². The molecule has 0 spiro atoms. The van der Waals surface area contributed by atoms with Crippen molar-refractivity contribution in [1.29, 1.82) is 0 Å². The summed E-state index contributed by atoms with van der Waals surface area (Å²) in [5, 5.41) is 3.31. The smallest absolute Gasteiger partial charge is 0.268 e. The molecule has 0 radical (unpaired) electrons. The molecular weight excluding hydrogens is 450 g/mol. The van der Waals surface area contributed by atoms with Gasteiger partial charge in [-0.3, -0.25) is 13.8 Å². The standard InChI is InChI=1S/C25H17N5OS2/c31-23-21-20(17-8-3-1-4-9-17)16-32-22(21)28-25(30(23)19-10-5-2-6-11-19)33-15-18-14-29-13-7-12-26-24(29)27-18/h1-14,16H,15H2. The summed E-state index contributed by atoms with van der Waals surface area (Å²) in [5.74, 6) is 1.23. The van der Waals surface area contributed by atoms with E-state index in [9.17, 15) is 4.79 Å². The molecule has 160 valence electrons. The maximum atomic E-state index is 13.8. The zero-order valence-corrected chi connectivity index (χ0v) is 19.0. The summed E-state index contributed by atoms with van der Waals surface area (Å²) in [6, 6.07) is 21.5. The molecule has 0 aliphatic heterocycles. The summed E-state index contributed by atoms with van der Waals surface area (Å²) >= 11 is 3.00. The average molecular weight is 468 g/mol. The summed E-state index contributed by atoms with van der Waals surface area (Å²) < 4.78 is 3.60. The van der Waals surface area contributed by atoms with Crippen LogP contribution in [-0.2, 0) is 5.75 Å². The Bertz CT molecular complexity index is 1610. The van der Waals surface area contributed by atoms with E-state index in [-0.39, 0.29) is 5.56 Å². The van der Waals surface area contributed by atoms with Crippen molar-refractivity contribution in [3.63, 3.8) is 0 Å². The van der Waals surface area contributed by atoms with E-state index in [1.165, 1.54) is 23.1 Å². The molecule has 6 rings (SSSR count). The van der Waals surface area contributed by atoms with Gasteiger partial charge in [-0.05, 0) is 23.8 Å². The first kappa shape index (κ1) is 19.9. The molecule has 4 aromatic heterocycles. The van der Waals surface area contributed by atoms with Crippen LogP contribution in [0.1, 0.15) is 5.69 Å². The van der Waals surface area contributed by atoms with Crippen LogP contribution in [0.25, 0.3) is 32.8 Å². The Hall–Kier alpha value is -3.75. The van der Waals surface area contributed by atoms with Crippen molar-refractivity contribution in [2.75, 3.05) is 0 Å². The largest absolute Gasteiger partial charge is 0.291 e. The third kappa shape index (κ3) is 3.63. The Labute approximate surface area is 197 Å². The van der Waals surface area contributed by atoms with E-state index in [1.54, 1.807) is 10.8 Å². The monoisotopic (exact) mass is 467 g/mol. The van der Waals surface area contributed by atoms with Crippen LogP contribution >= 0.6 is 23.1 Å². The molecule has 8 heteroatoms. The number of nitrogens with zero attached hydrogens (tertiary/aromatic N) is 5. The number of benzene rings is 2. The number of hydrogen-bond donors (Lipinski definition) is 0. The maximum absolute atomic E-state index is 13.8. The molecule has 2 aromatic carbocycles. The molecule has 0 bridgehead atoms. The molecule has 0 saturated heterocycles. The molecule has 6 aromatic rings. The molecule has 33 heavy (non-hydrogen) atoms. The third-order valence-corrected chi connectivity index (χ3v) is 7.16. The Morgan fingerprint density at radius 2 is 1.73 bits per heavy atom. The lowest BCUT2D eigenvalue weighted by Gasteiger charge is -2.12. The fraction of sp³-hybridized carbons (Fsp3) is 0.0400. The lowest BCUT2D eigenvalue weighted by Crippen LogP contribution is -2.21. The highest BCUT2D eigenvalue weighted by atomic mass is 32.2. The fourth-order valence-corrected chi connectivity index (χ4v) is 5.68. The minimum Gasteiger partial charge on any atom is -0.291 e. The van der Waals surface area contributed by atoms with Crippen molar-refractivity contribution in [3.8, 4) is 16.8 Å². The second-order valence-corrected chi connectivity index (χ2v) is 9.21. The van der Waals surface area contributed by atoms with Crippen molar-refractivity contribution in [1.82, 2.24) is 23.9 Å². The highest BCUT2D eigenvalue weighted by Crippen LogP contribution is 2.33. The van der Waals surface area contributed by atoms with Crippen molar-refractivity contribution in [3.05, 3.63) is 107 Å². The topological polar surface area (TPSA) is 65.1 Å². The minimum atomic E-state index is -0.0644. The van der Waals surface area contributed by atoms with Gasteiger partial charge < -0.3 is 0 Å². The maximum Gasteiger partial charge on any atom is 0.268 e. The van der Waals surface area contributed by atoms with Crippen LogP contribution < -0.4 is 5.56 Å². The van der Waals surface area contributed by atoms with Gasteiger partial charge in [-0.15, -0.1) is 11.3 Å². The quantitative estimate of drug-likeness (QED) is 0.249. The summed E-state index contributed by atoms with van der Waals surface area (Å²) in [7, 11) is 0. The van der Waals surface area contributed by atoms with Crippen LogP contribution in [0.15, 0.2) is 101 Å². The summed E-state index contributed by atoms with van der Waals surface area (Å²) in [6.07, 6.45) is 5.60. The van der Waals surface area contributed by atoms with Gasteiger partial charge in [0, 0.05) is 35.3 Å². The molecule has 6 nitrogen and oxygen atoms in total. The second-order valence-electron chi connectivity index (χ2n) is 7.41. The molecule has 0 aliphatic carbocycles. The minimum absolute atomic E-state index is 0.0644. The normalized spacial score (nSPS) is 11.4. The number of imidazole rings is 1. The van der Waals surface area contributed by atoms with Crippen molar-refractivity contribution >= 4 is 39.1 Å². The molecular formula is C25H17N5OS2. The third-order valence-electron chi connectivity index (χ3n) is 5.31. The van der Waals surface area contributed by atoms with E-state index < -0.39 is 0 Å². The van der Waals surface area contributed by atoms with E-state index in [0.717, 1.165) is 27.3 Å². The van der Waals surface area contributed by atoms with Gasteiger partial charge >= 0.3 is 0 Å². The Balaban J connectivity index is 1.48. The van der Waals surface area contributed by atoms with Gasteiger partial charge in [0.15, 0.2) is 5.16 Å². The first-order chi connectivity index (χ1) is 16.3. The second kappa shape index (κ2) is 8.31. The van der Waals surface area contributed by atoms with Gasteiger partial charge in [-0.25, -0.2) is 15.0 Å². The van der Waals surface area contributed by atoms with Crippen molar-refractivity contribution in [2.45, 2.75) is 10.9 Å². The molecule has 0 atom stereocenters. The zero-order chi connectivity index (χ0) is 22.2. The molecule has 4 heterocycles. The molecule has 0 amide bonds. The van der Waals surface area contributed by atoms with E-state index in [1.807, 2.05) is 88.9 Å². The average Bonchev–Trinajstić information content (AvgIpc) is 3.48. The predicted octanol–water partition coefficient (Wildman–Crippen LogP) is 5.45. The van der Waals surface area contributed by atoms with Crippen molar-refractivity contribution in [2.24, 2.45) is 0 Å². The van der Waals surface area contributed by atoms with Crippen LogP contribution in [0.5, 0.6) is 0 Å². The van der Waals surface area contributed by atoms with Crippen LogP contribution in [0.3, 0.4) is 0 Å². The number of thioether (sulfide) groups is 1. The number of thiophene rings is 1. The van der Waals surface area contributed by atoms with Gasteiger partial charge in [0.1, 0.15) is 4.83 Å². The zero-order valence-electron chi connectivity index (χ0n) is 17.3. The summed E-state index contributed by atoms with van der Waals surface area (Å²) in [5.41, 5.74) is 3.54. The van der Waals surface area contributed by atoms with E-state index in [0.29, 0.717) is 22.1 Å². The molecule has 0 aliphatic rings. The molecule has 0 fully saturated rings. The highest BCUT2D eigenvalue weighted by Gasteiger charge is 2.19. The van der Waals surface area contributed by atoms with Crippen LogP contribution in [0.2, 0.25) is 0 Å². The van der Waals surface area contributed by atoms with E-state index in [4.69, 9.17) is 4.98 Å². The SMILES string of the molecule is O=c1c2c(-c3ccccc3)csc2nc(SCc2cn3cccnc3n2)n1-c1ccccc1. The van der Waals surface area contributed by atoms with Gasteiger partial charge in [-0.2, -0.15) is 0 Å². The van der Waals surface area contributed by atoms with Gasteiger partial charge in [0.05, 0.1) is 16.8 Å². The predicted molar refractivity (Wildman–Crippen MR) is 133 cm³/mol. The molecule has 0 N–H and O–H groups in total. The number of fused-ring (bicyclic) bond motifs is 2. The van der Waals surface area contributed by atoms with Gasteiger partial charge in [-0.1, -0.05) is 60.3 Å². The lowest BCUT2D eigenvalue weighted by atomic mass is 10.1. The molecule has 0 saturated carbocycles. The van der Waals surface area contributed by atoms with Crippen LogP contribution in [0.4, 0.5) is 0 Å². The number of aromatic nitrogens is 5. The Morgan fingerprint density at radius 1 is 0.939 bits per heavy atom. The number of hydrogen-bond acceptors (Lipinski definition) is 6.